The van der Waals surface area contributed by atoms with Crippen LogP contribution in [0.1, 0.15) is 23.2 Å². The third kappa shape index (κ3) is 4.68. The number of thioether (sulfide) groups is 1. The van der Waals surface area contributed by atoms with Crippen LogP contribution in [0, 0.1) is 0 Å². The third-order valence-electron chi connectivity index (χ3n) is 4.74. The molecule has 0 bridgehead atoms. The Labute approximate surface area is 177 Å². The Morgan fingerprint density at radius 3 is 2.83 bits per heavy atom. The van der Waals surface area contributed by atoms with Gasteiger partial charge in [-0.25, -0.2) is 4.79 Å². The van der Waals surface area contributed by atoms with Gasteiger partial charge in [-0.15, -0.1) is 0 Å². The molecule has 0 spiro atoms. The van der Waals surface area contributed by atoms with Gasteiger partial charge in [-0.05, 0) is 55.2 Å². The van der Waals surface area contributed by atoms with E-state index in [4.69, 9.17) is 11.6 Å². The van der Waals surface area contributed by atoms with Crippen molar-refractivity contribution in [1.29, 1.82) is 0 Å². The first-order valence-electron chi connectivity index (χ1n) is 9.30. The lowest BCUT2D eigenvalue weighted by Gasteiger charge is -2.14. The number of pyridine rings is 1. The molecule has 2 heterocycles. The fourth-order valence-corrected chi connectivity index (χ4v) is 4.50. The van der Waals surface area contributed by atoms with E-state index < -0.39 is 0 Å². The highest BCUT2D eigenvalue weighted by molar-refractivity contribution is 8.00. The lowest BCUT2D eigenvalue weighted by molar-refractivity contribution is -0.113. The third-order valence-corrected chi connectivity index (χ3v) is 5.99. The van der Waals surface area contributed by atoms with Crippen LogP contribution in [0.15, 0.2) is 58.6 Å². The van der Waals surface area contributed by atoms with Crippen LogP contribution in [-0.4, -0.2) is 26.2 Å². The van der Waals surface area contributed by atoms with Crippen LogP contribution in [0.2, 0.25) is 5.02 Å². The summed E-state index contributed by atoms with van der Waals surface area (Å²) in [4.78, 5) is 33.3. The molecule has 0 radical (unpaired) electrons. The van der Waals surface area contributed by atoms with Gasteiger partial charge in [0.05, 0.1) is 12.3 Å². The molecule has 3 aromatic rings. The molecule has 29 heavy (non-hydrogen) atoms. The fourth-order valence-electron chi connectivity index (χ4n) is 3.44. The van der Waals surface area contributed by atoms with Gasteiger partial charge in [0.25, 0.3) is 0 Å². The maximum absolute atomic E-state index is 12.7. The largest absolute Gasteiger partial charge is 0.349 e. The van der Waals surface area contributed by atoms with Crippen molar-refractivity contribution in [2.24, 2.45) is 0 Å². The van der Waals surface area contributed by atoms with E-state index in [9.17, 15) is 9.59 Å². The Kier molecular flexibility index (Phi) is 5.97. The van der Waals surface area contributed by atoms with Crippen LogP contribution in [-0.2, 0) is 24.2 Å². The molecule has 4 rings (SSSR count). The van der Waals surface area contributed by atoms with E-state index in [1.807, 2.05) is 12.1 Å². The van der Waals surface area contributed by atoms with Crippen LogP contribution in [0.25, 0.3) is 0 Å². The monoisotopic (exact) mass is 426 g/mol. The maximum atomic E-state index is 12.7. The van der Waals surface area contributed by atoms with E-state index in [0.29, 0.717) is 22.3 Å². The Bertz CT molecular complexity index is 1100. The summed E-state index contributed by atoms with van der Waals surface area (Å²) in [5, 5.41) is 4.04. The zero-order chi connectivity index (χ0) is 20.2. The number of anilines is 1. The van der Waals surface area contributed by atoms with Crippen molar-refractivity contribution in [2.75, 3.05) is 11.1 Å². The average Bonchev–Trinajstić information content (AvgIpc) is 3.19. The van der Waals surface area contributed by atoms with Gasteiger partial charge in [-0.3, -0.25) is 14.3 Å². The van der Waals surface area contributed by atoms with Crippen molar-refractivity contribution in [3.05, 3.63) is 81.1 Å². The number of hydrogen-bond donors (Lipinski definition) is 1. The molecule has 1 aliphatic rings. The summed E-state index contributed by atoms with van der Waals surface area (Å²) < 4.78 is 1.74. The first-order chi connectivity index (χ1) is 14.1. The Morgan fingerprint density at radius 1 is 1.21 bits per heavy atom. The lowest BCUT2D eigenvalue weighted by Crippen LogP contribution is -2.28. The van der Waals surface area contributed by atoms with Gasteiger partial charge in [-0.1, -0.05) is 29.4 Å². The number of fused-ring (bicyclic) bond motifs is 1. The predicted octanol–water partition coefficient (Wildman–Crippen LogP) is 3.56. The summed E-state index contributed by atoms with van der Waals surface area (Å²) in [7, 11) is 0. The molecule has 1 aliphatic carbocycles. The number of carbonyl (C=O) groups is 1. The van der Waals surface area contributed by atoms with Crippen LogP contribution in [0.3, 0.4) is 0 Å². The second-order valence-electron chi connectivity index (χ2n) is 6.77. The number of carbonyl (C=O) groups excluding carboxylic acids is 1. The summed E-state index contributed by atoms with van der Waals surface area (Å²) in [6.07, 6.45) is 6.14. The first kappa shape index (κ1) is 19.7. The van der Waals surface area contributed by atoms with E-state index in [1.54, 1.807) is 41.2 Å². The number of benzene rings is 1. The Morgan fingerprint density at radius 2 is 2.03 bits per heavy atom. The van der Waals surface area contributed by atoms with Crippen LogP contribution >= 0.6 is 23.4 Å². The number of aromatic nitrogens is 3. The minimum atomic E-state index is -0.278. The molecule has 1 aromatic carbocycles. The highest BCUT2D eigenvalue weighted by Crippen LogP contribution is 2.29. The van der Waals surface area contributed by atoms with Crippen molar-refractivity contribution in [1.82, 2.24) is 14.5 Å². The molecule has 1 amide bonds. The number of amides is 1. The van der Waals surface area contributed by atoms with Crippen molar-refractivity contribution in [3.8, 4) is 0 Å². The van der Waals surface area contributed by atoms with Gasteiger partial charge in [0.15, 0.2) is 0 Å². The van der Waals surface area contributed by atoms with Gasteiger partial charge in [0.1, 0.15) is 5.03 Å². The minimum Gasteiger partial charge on any atom is -0.325 e. The quantitative estimate of drug-likeness (QED) is 0.481. The highest BCUT2D eigenvalue weighted by Gasteiger charge is 2.22. The van der Waals surface area contributed by atoms with Crippen molar-refractivity contribution < 1.29 is 4.79 Å². The molecule has 0 unspecified atom stereocenters. The molecule has 6 nitrogen and oxygen atoms in total. The Balaban J connectivity index is 1.50. The smallest absolute Gasteiger partial charge is 0.325 e. The van der Waals surface area contributed by atoms with Crippen LogP contribution in [0.4, 0.5) is 5.69 Å². The summed E-state index contributed by atoms with van der Waals surface area (Å²) in [5.74, 6) is 0.0199. The zero-order valence-electron chi connectivity index (χ0n) is 15.6. The zero-order valence-corrected chi connectivity index (χ0v) is 17.2. The van der Waals surface area contributed by atoms with Crippen molar-refractivity contribution in [3.63, 3.8) is 0 Å². The predicted molar refractivity (Wildman–Crippen MR) is 115 cm³/mol. The molecule has 0 saturated heterocycles. The molecule has 0 atom stereocenters. The van der Waals surface area contributed by atoms with Crippen LogP contribution in [0.5, 0.6) is 0 Å². The van der Waals surface area contributed by atoms with E-state index in [1.165, 1.54) is 11.8 Å². The minimum absolute atomic E-state index is 0.160. The fraction of sp³-hybridized carbons (Fsp3) is 0.238. The SMILES string of the molecule is O=C(CSc1nc(=O)n(Cc2ccncc2)c2c1CCC2)Nc1cccc(Cl)c1. The lowest BCUT2D eigenvalue weighted by atomic mass is 10.2. The van der Waals surface area contributed by atoms with E-state index in [-0.39, 0.29) is 17.3 Å². The molecule has 148 valence electrons. The van der Waals surface area contributed by atoms with Crippen LogP contribution < -0.4 is 11.0 Å². The second-order valence-corrected chi connectivity index (χ2v) is 8.17. The maximum Gasteiger partial charge on any atom is 0.349 e. The number of hydrogen-bond acceptors (Lipinski definition) is 5. The Hall–Kier alpha value is -2.64. The van der Waals surface area contributed by atoms with E-state index >= 15 is 0 Å². The van der Waals surface area contributed by atoms with Gasteiger partial charge in [0, 0.05) is 34.4 Å². The molecule has 0 saturated carbocycles. The number of nitrogens with one attached hydrogen (secondary N) is 1. The highest BCUT2D eigenvalue weighted by atomic mass is 35.5. The van der Waals surface area contributed by atoms with Gasteiger partial charge < -0.3 is 5.32 Å². The first-order valence-corrected chi connectivity index (χ1v) is 10.7. The van der Waals surface area contributed by atoms with E-state index in [2.05, 4.69) is 15.3 Å². The molecule has 8 heteroatoms. The summed E-state index contributed by atoms with van der Waals surface area (Å²) in [6.45, 7) is 0.483. The summed E-state index contributed by atoms with van der Waals surface area (Å²) in [5.41, 5.74) is 3.49. The normalized spacial score (nSPS) is 12.6. The molecule has 1 N–H and O–H groups in total. The summed E-state index contributed by atoms with van der Waals surface area (Å²) >= 11 is 7.26. The van der Waals surface area contributed by atoms with E-state index in [0.717, 1.165) is 36.1 Å². The summed E-state index contributed by atoms with van der Waals surface area (Å²) in [6, 6.07) is 10.8. The molecular weight excluding hydrogens is 408 g/mol. The molecule has 0 fully saturated rings. The molecule has 2 aromatic heterocycles. The topological polar surface area (TPSA) is 76.9 Å². The van der Waals surface area contributed by atoms with Crippen molar-refractivity contribution in [2.45, 2.75) is 30.8 Å². The number of nitrogens with zero attached hydrogens (tertiary/aromatic N) is 3. The number of rotatable bonds is 6. The van der Waals surface area contributed by atoms with Crippen molar-refractivity contribution >= 4 is 35.0 Å². The van der Waals surface area contributed by atoms with Gasteiger partial charge >= 0.3 is 5.69 Å². The average molecular weight is 427 g/mol. The van der Waals surface area contributed by atoms with Gasteiger partial charge in [0.2, 0.25) is 5.91 Å². The second kappa shape index (κ2) is 8.80. The molecule has 0 aliphatic heterocycles. The van der Waals surface area contributed by atoms with Gasteiger partial charge in [-0.2, -0.15) is 4.98 Å². The number of halogens is 1. The standard InChI is InChI=1S/C21H19ClN4O2S/c22-15-3-1-4-16(11-15)24-19(27)13-29-20-17-5-2-6-18(17)26(21(28)25-20)12-14-7-9-23-10-8-14/h1,3-4,7-11H,2,5-6,12-13H2,(H,24,27). The molecular formula is C21H19ClN4O2S.